The quantitative estimate of drug-likeness (QED) is 0.922. The topological polar surface area (TPSA) is 38.0 Å². The van der Waals surface area contributed by atoms with Gasteiger partial charge in [-0.05, 0) is 19.9 Å². The standard InChI is InChI=1S/C14H17ClN2O/c1-3-17-9-8-16-13(17)10-14(2,18)11-6-4-5-7-12(11)15/h4-9,18H,3,10H2,1-2H3. The molecule has 1 heterocycles. The predicted molar refractivity (Wildman–Crippen MR) is 72.6 cm³/mol. The van der Waals surface area contributed by atoms with E-state index in [1.54, 1.807) is 19.2 Å². The lowest BCUT2D eigenvalue weighted by molar-refractivity contribution is 0.0547. The minimum atomic E-state index is -1.02. The second-order valence-electron chi connectivity index (χ2n) is 4.56. The molecule has 1 aromatic heterocycles. The van der Waals surface area contributed by atoms with Crippen LogP contribution in [0.25, 0.3) is 0 Å². The summed E-state index contributed by atoms with van der Waals surface area (Å²) in [4.78, 5) is 4.29. The molecule has 0 aliphatic heterocycles. The van der Waals surface area contributed by atoms with Gasteiger partial charge in [0.2, 0.25) is 0 Å². The van der Waals surface area contributed by atoms with Crippen molar-refractivity contribution < 1.29 is 5.11 Å². The molecule has 0 aliphatic rings. The summed E-state index contributed by atoms with van der Waals surface area (Å²) in [6.07, 6.45) is 4.11. The Labute approximate surface area is 112 Å². The molecule has 0 aliphatic carbocycles. The number of halogens is 1. The summed E-state index contributed by atoms with van der Waals surface area (Å²) < 4.78 is 2.02. The molecule has 0 bridgehead atoms. The van der Waals surface area contributed by atoms with Gasteiger partial charge in [0.05, 0.1) is 5.60 Å². The first-order valence-corrected chi connectivity index (χ1v) is 6.40. The van der Waals surface area contributed by atoms with Crippen molar-refractivity contribution in [3.8, 4) is 0 Å². The van der Waals surface area contributed by atoms with Crippen molar-refractivity contribution in [2.75, 3.05) is 0 Å². The van der Waals surface area contributed by atoms with Crippen molar-refractivity contribution in [3.05, 3.63) is 53.1 Å². The Morgan fingerprint density at radius 2 is 2.11 bits per heavy atom. The van der Waals surface area contributed by atoms with Crippen molar-refractivity contribution >= 4 is 11.6 Å². The second kappa shape index (κ2) is 5.12. The number of imidazole rings is 1. The minimum absolute atomic E-state index is 0.442. The predicted octanol–water partition coefficient (Wildman–Crippen LogP) is 3.01. The summed E-state index contributed by atoms with van der Waals surface area (Å²) in [6.45, 7) is 4.66. The maximum Gasteiger partial charge on any atom is 0.111 e. The highest BCUT2D eigenvalue weighted by molar-refractivity contribution is 6.31. The molecule has 1 unspecified atom stereocenters. The number of aromatic nitrogens is 2. The van der Waals surface area contributed by atoms with E-state index in [0.717, 1.165) is 17.9 Å². The Hall–Kier alpha value is -1.32. The molecule has 0 radical (unpaired) electrons. The first kappa shape index (κ1) is 13.1. The van der Waals surface area contributed by atoms with Gasteiger partial charge >= 0.3 is 0 Å². The lowest BCUT2D eigenvalue weighted by atomic mass is 9.92. The highest BCUT2D eigenvalue weighted by Crippen LogP contribution is 2.30. The Morgan fingerprint density at radius 3 is 2.78 bits per heavy atom. The molecule has 1 atom stereocenters. The lowest BCUT2D eigenvalue weighted by Crippen LogP contribution is -2.26. The summed E-state index contributed by atoms with van der Waals surface area (Å²) in [7, 11) is 0. The van der Waals surface area contributed by atoms with Crippen molar-refractivity contribution in [3.63, 3.8) is 0 Å². The van der Waals surface area contributed by atoms with Gasteiger partial charge in [0.1, 0.15) is 5.82 Å². The van der Waals surface area contributed by atoms with Crippen LogP contribution in [0.1, 0.15) is 25.2 Å². The van der Waals surface area contributed by atoms with E-state index < -0.39 is 5.60 Å². The molecule has 18 heavy (non-hydrogen) atoms. The zero-order chi connectivity index (χ0) is 13.2. The number of hydrogen-bond donors (Lipinski definition) is 1. The summed E-state index contributed by atoms with van der Waals surface area (Å²) in [5, 5.41) is 11.2. The van der Waals surface area contributed by atoms with Gasteiger partial charge in [0.15, 0.2) is 0 Å². The van der Waals surface area contributed by atoms with Gasteiger partial charge in [-0.3, -0.25) is 0 Å². The van der Waals surface area contributed by atoms with Crippen LogP contribution in [-0.2, 0) is 18.6 Å². The third kappa shape index (κ3) is 2.57. The van der Waals surface area contributed by atoms with E-state index in [1.165, 1.54) is 0 Å². The van der Waals surface area contributed by atoms with Crippen LogP contribution >= 0.6 is 11.6 Å². The molecular formula is C14H17ClN2O. The number of rotatable bonds is 4. The molecule has 0 spiro atoms. The molecular weight excluding hydrogens is 248 g/mol. The van der Waals surface area contributed by atoms with Crippen molar-refractivity contribution in [2.24, 2.45) is 0 Å². The number of hydrogen-bond acceptors (Lipinski definition) is 2. The molecule has 3 nitrogen and oxygen atoms in total. The summed E-state index contributed by atoms with van der Waals surface area (Å²) in [6, 6.07) is 7.37. The van der Waals surface area contributed by atoms with E-state index >= 15 is 0 Å². The van der Waals surface area contributed by atoms with Crippen LogP contribution in [0.5, 0.6) is 0 Å². The monoisotopic (exact) mass is 264 g/mol. The Morgan fingerprint density at radius 1 is 1.39 bits per heavy atom. The third-order valence-electron chi connectivity index (χ3n) is 3.10. The molecule has 4 heteroatoms. The zero-order valence-corrected chi connectivity index (χ0v) is 11.4. The van der Waals surface area contributed by atoms with Gasteiger partial charge in [-0.15, -0.1) is 0 Å². The highest BCUT2D eigenvalue weighted by atomic mass is 35.5. The van der Waals surface area contributed by atoms with Crippen LogP contribution in [0.2, 0.25) is 5.02 Å². The first-order valence-electron chi connectivity index (χ1n) is 6.02. The molecule has 1 aromatic carbocycles. The van der Waals surface area contributed by atoms with Crippen molar-refractivity contribution in [2.45, 2.75) is 32.4 Å². The average Bonchev–Trinajstić information content (AvgIpc) is 2.76. The maximum atomic E-state index is 10.6. The molecule has 2 aromatic rings. The van der Waals surface area contributed by atoms with Crippen LogP contribution in [0.15, 0.2) is 36.7 Å². The van der Waals surface area contributed by atoms with Crippen LogP contribution in [0, 0.1) is 0 Å². The number of aryl methyl sites for hydroxylation is 1. The number of aliphatic hydroxyl groups is 1. The normalized spacial score (nSPS) is 14.4. The van der Waals surface area contributed by atoms with E-state index in [4.69, 9.17) is 11.6 Å². The molecule has 1 N–H and O–H groups in total. The third-order valence-corrected chi connectivity index (χ3v) is 3.43. The van der Waals surface area contributed by atoms with E-state index in [0.29, 0.717) is 11.4 Å². The average molecular weight is 265 g/mol. The van der Waals surface area contributed by atoms with Crippen LogP contribution in [0.3, 0.4) is 0 Å². The molecule has 0 fully saturated rings. The van der Waals surface area contributed by atoms with Crippen molar-refractivity contribution in [1.29, 1.82) is 0 Å². The van der Waals surface area contributed by atoms with E-state index in [-0.39, 0.29) is 0 Å². The second-order valence-corrected chi connectivity index (χ2v) is 4.97. The summed E-state index contributed by atoms with van der Waals surface area (Å²) in [5.41, 5.74) is -0.284. The molecule has 0 saturated heterocycles. The Kier molecular flexibility index (Phi) is 3.73. The van der Waals surface area contributed by atoms with E-state index in [1.807, 2.05) is 29.0 Å². The maximum absolute atomic E-state index is 10.6. The highest BCUT2D eigenvalue weighted by Gasteiger charge is 2.27. The molecule has 96 valence electrons. The van der Waals surface area contributed by atoms with Gasteiger partial charge in [-0.2, -0.15) is 0 Å². The Bertz CT molecular complexity index is 534. The fraction of sp³-hybridized carbons (Fsp3) is 0.357. The fourth-order valence-corrected chi connectivity index (χ4v) is 2.44. The fourth-order valence-electron chi connectivity index (χ4n) is 2.10. The van der Waals surface area contributed by atoms with E-state index in [2.05, 4.69) is 11.9 Å². The van der Waals surface area contributed by atoms with Gasteiger partial charge in [-0.1, -0.05) is 29.8 Å². The van der Waals surface area contributed by atoms with Crippen LogP contribution in [0.4, 0.5) is 0 Å². The largest absolute Gasteiger partial charge is 0.385 e. The van der Waals surface area contributed by atoms with Gasteiger partial charge in [-0.25, -0.2) is 4.98 Å². The first-order chi connectivity index (χ1) is 8.54. The smallest absolute Gasteiger partial charge is 0.111 e. The van der Waals surface area contributed by atoms with Crippen molar-refractivity contribution in [1.82, 2.24) is 9.55 Å². The van der Waals surface area contributed by atoms with Gasteiger partial charge in [0, 0.05) is 35.9 Å². The summed E-state index contributed by atoms with van der Waals surface area (Å²) >= 11 is 6.14. The Balaban J connectivity index is 2.30. The lowest BCUT2D eigenvalue weighted by Gasteiger charge is -2.24. The van der Waals surface area contributed by atoms with Gasteiger partial charge < -0.3 is 9.67 Å². The van der Waals surface area contributed by atoms with Crippen LogP contribution in [-0.4, -0.2) is 14.7 Å². The number of nitrogens with zero attached hydrogens (tertiary/aromatic N) is 2. The number of benzene rings is 1. The molecule has 2 rings (SSSR count). The van der Waals surface area contributed by atoms with E-state index in [9.17, 15) is 5.11 Å². The minimum Gasteiger partial charge on any atom is -0.385 e. The summed E-state index contributed by atoms with van der Waals surface area (Å²) in [5.74, 6) is 0.863. The molecule has 0 amide bonds. The zero-order valence-electron chi connectivity index (χ0n) is 10.6. The van der Waals surface area contributed by atoms with Gasteiger partial charge in [0.25, 0.3) is 0 Å². The van der Waals surface area contributed by atoms with Crippen LogP contribution < -0.4 is 0 Å². The SMILES string of the molecule is CCn1ccnc1CC(C)(O)c1ccccc1Cl. The molecule has 0 saturated carbocycles.